The highest BCUT2D eigenvalue weighted by atomic mass is 32.1. The molecule has 134 valence electrons. The Labute approximate surface area is 159 Å². The Morgan fingerprint density at radius 3 is 2.73 bits per heavy atom. The predicted octanol–water partition coefficient (Wildman–Crippen LogP) is 2.91. The number of fused-ring (bicyclic) bond motifs is 1. The molecule has 3 rings (SSSR count). The van der Waals surface area contributed by atoms with E-state index < -0.39 is 0 Å². The van der Waals surface area contributed by atoms with E-state index >= 15 is 0 Å². The number of rotatable bonds is 4. The van der Waals surface area contributed by atoms with Crippen LogP contribution >= 0.6 is 23.6 Å². The van der Waals surface area contributed by atoms with Gasteiger partial charge in [-0.25, -0.2) is 4.98 Å². The van der Waals surface area contributed by atoms with Crippen LogP contribution in [0.4, 0.5) is 10.8 Å². The number of nitrogens with zero attached hydrogens (tertiary/aromatic N) is 1. The third-order valence-corrected chi connectivity index (χ3v) is 4.43. The fraction of sp³-hybridized carbons (Fsp3) is 0.118. The maximum absolute atomic E-state index is 12.2. The molecule has 2 aromatic carbocycles. The number of thiazole rings is 1. The lowest BCUT2D eigenvalue weighted by molar-refractivity contribution is 0.0944. The summed E-state index contributed by atoms with van der Waals surface area (Å²) >= 11 is 6.51. The molecular weight excluding hydrogens is 370 g/mol. The summed E-state index contributed by atoms with van der Waals surface area (Å²) in [6, 6.07) is 12.5. The number of nitrogen functional groups attached to an aromatic ring is 1. The fourth-order valence-corrected chi connectivity index (χ4v) is 3.18. The Balaban J connectivity index is 1.55. The molecule has 0 radical (unpaired) electrons. The summed E-state index contributed by atoms with van der Waals surface area (Å²) in [6.45, 7) is 2.54. The second kappa shape index (κ2) is 7.98. The average molecular weight is 387 g/mol. The van der Waals surface area contributed by atoms with Gasteiger partial charge in [-0.3, -0.25) is 15.6 Å². The normalized spacial score (nSPS) is 10.3. The molecule has 9 heteroatoms. The lowest BCUT2D eigenvalue weighted by Gasteiger charge is -2.12. The molecule has 1 amide bonds. The van der Waals surface area contributed by atoms with Crippen LogP contribution in [0.2, 0.25) is 0 Å². The molecule has 0 spiro atoms. The van der Waals surface area contributed by atoms with E-state index in [0.717, 1.165) is 21.7 Å². The summed E-state index contributed by atoms with van der Waals surface area (Å²) < 4.78 is 6.23. The van der Waals surface area contributed by atoms with Gasteiger partial charge in [-0.2, -0.15) is 0 Å². The van der Waals surface area contributed by atoms with Crippen molar-refractivity contribution in [2.75, 3.05) is 17.7 Å². The van der Waals surface area contributed by atoms with Crippen molar-refractivity contribution in [1.29, 1.82) is 0 Å². The lowest BCUT2D eigenvalue weighted by atomic mass is 10.2. The van der Waals surface area contributed by atoms with Crippen LogP contribution in [0, 0.1) is 0 Å². The van der Waals surface area contributed by atoms with Crippen molar-refractivity contribution in [2.45, 2.75) is 6.92 Å². The Bertz CT molecular complexity index is 940. The van der Waals surface area contributed by atoms with Crippen molar-refractivity contribution < 1.29 is 9.53 Å². The summed E-state index contributed by atoms with van der Waals surface area (Å²) in [6.07, 6.45) is 0. The quantitative estimate of drug-likeness (QED) is 0.403. The van der Waals surface area contributed by atoms with Gasteiger partial charge in [0.25, 0.3) is 5.91 Å². The van der Waals surface area contributed by atoms with Crippen LogP contribution in [0.1, 0.15) is 17.3 Å². The third-order valence-electron chi connectivity index (χ3n) is 3.38. The van der Waals surface area contributed by atoms with E-state index in [4.69, 9.17) is 22.7 Å². The Kier molecular flexibility index (Phi) is 5.49. The zero-order chi connectivity index (χ0) is 18.5. The number of hydrazine groups is 1. The highest BCUT2D eigenvalue weighted by Crippen LogP contribution is 2.24. The number of thiocarbonyl (C=S) groups is 1. The Hall–Kier alpha value is -2.91. The van der Waals surface area contributed by atoms with E-state index in [-0.39, 0.29) is 11.0 Å². The van der Waals surface area contributed by atoms with Crippen LogP contribution in [0.15, 0.2) is 42.5 Å². The minimum atomic E-state index is -0.310. The molecule has 3 aromatic rings. The summed E-state index contributed by atoms with van der Waals surface area (Å²) in [5, 5.41) is 3.71. The summed E-state index contributed by atoms with van der Waals surface area (Å²) in [7, 11) is 0. The fourth-order valence-electron chi connectivity index (χ4n) is 2.23. The van der Waals surface area contributed by atoms with Gasteiger partial charge in [0.15, 0.2) is 10.2 Å². The molecule has 0 saturated heterocycles. The van der Waals surface area contributed by atoms with Crippen LogP contribution in [0.5, 0.6) is 5.75 Å². The molecule has 0 saturated carbocycles. The lowest BCUT2D eigenvalue weighted by Crippen LogP contribution is -2.43. The first-order valence-electron chi connectivity index (χ1n) is 7.81. The number of nitrogens with one attached hydrogen (secondary N) is 3. The number of carbonyl (C=O) groups excluding carboxylic acids is 1. The SMILES string of the molecule is CCOc1ccc(NC(=S)NNC(=O)c2ccc3nc(N)sc3c2)cc1. The number of aromatic nitrogens is 1. The molecule has 0 aliphatic heterocycles. The van der Waals surface area contributed by atoms with Gasteiger partial charge < -0.3 is 15.8 Å². The number of hydrogen-bond acceptors (Lipinski definition) is 6. The number of amides is 1. The predicted molar refractivity (Wildman–Crippen MR) is 108 cm³/mol. The topological polar surface area (TPSA) is 101 Å². The molecule has 0 atom stereocenters. The van der Waals surface area contributed by atoms with Crippen LogP contribution < -0.4 is 26.6 Å². The zero-order valence-corrected chi connectivity index (χ0v) is 15.5. The molecule has 1 aromatic heterocycles. The van der Waals surface area contributed by atoms with Gasteiger partial charge in [-0.1, -0.05) is 11.3 Å². The molecule has 0 aliphatic carbocycles. The monoisotopic (exact) mass is 387 g/mol. The highest BCUT2D eigenvalue weighted by Gasteiger charge is 2.09. The van der Waals surface area contributed by atoms with Gasteiger partial charge in [-0.05, 0) is 61.6 Å². The van der Waals surface area contributed by atoms with Crippen molar-refractivity contribution in [2.24, 2.45) is 0 Å². The molecule has 5 N–H and O–H groups in total. The number of nitrogens with two attached hydrogens (primary N) is 1. The number of anilines is 2. The van der Waals surface area contributed by atoms with Crippen LogP contribution in [0.3, 0.4) is 0 Å². The average Bonchev–Trinajstić information content (AvgIpc) is 3.00. The maximum atomic E-state index is 12.2. The van der Waals surface area contributed by atoms with Gasteiger partial charge in [0, 0.05) is 11.3 Å². The first-order chi connectivity index (χ1) is 12.5. The number of hydrogen-bond donors (Lipinski definition) is 4. The van der Waals surface area contributed by atoms with E-state index in [9.17, 15) is 4.79 Å². The molecule has 7 nitrogen and oxygen atoms in total. The highest BCUT2D eigenvalue weighted by molar-refractivity contribution is 7.80. The van der Waals surface area contributed by atoms with Gasteiger partial charge in [0.1, 0.15) is 5.75 Å². The molecule has 0 unspecified atom stereocenters. The van der Waals surface area contributed by atoms with E-state index in [0.29, 0.717) is 17.3 Å². The van der Waals surface area contributed by atoms with Gasteiger partial charge in [0.05, 0.1) is 16.8 Å². The summed E-state index contributed by atoms with van der Waals surface area (Å²) in [5.74, 6) is 0.471. The number of ether oxygens (including phenoxy) is 1. The first-order valence-corrected chi connectivity index (χ1v) is 9.04. The molecule has 26 heavy (non-hydrogen) atoms. The summed E-state index contributed by atoms with van der Waals surface area (Å²) in [4.78, 5) is 16.4. The maximum Gasteiger partial charge on any atom is 0.269 e. The Morgan fingerprint density at radius 1 is 1.23 bits per heavy atom. The zero-order valence-electron chi connectivity index (χ0n) is 13.9. The second-order valence-electron chi connectivity index (χ2n) is 5.23. The minimum absolute atomic E-state index is 0.269. The van der Waals surface area contributed by atoms with E-state index in [1.807, 2.05) is 31.2 Å². The van der Waals surface area contributed by atoms with Crippen molar-refractivity contribution in [1.82, 2.24) is 15.8 Å². The smallest absolute Gasteiger partial charge is 0.269 e. The minimum Gasteiger partial charge on any atom is -0.494 e. The molecule has 0 fully saturated rings. The van der Waals surface area contributed by atoms with Gasteiger partial charge in [0.2, 0.25) is 0 Å². The van der Waals surface area contributed by atoms with E-state index in [1.165, 1.54) is 11.3 Å². The van der Waals surface area contributed by atoms with Gasteiger partial charge >= 0.3 is 0 Å². The molecule has 0 bridgehead atoms. The third kappa shape index (κ3) is 4.38. The molecular formula is C17H17N5O2S2. The molecule has 1 heterocycles. The number of carbonyl (C=O) groups is 1. The van der Waals surface area contributed by atoms with Crippen molar-refractivity contribution >= 4 is 55.6 Å². The van der Waals surface area contributed by atoms with Crippen molar-refractivity contribution in [3.8, 4) is 5.75 Å². The number of benzene rings is 2. The summed E-state index contributed by atoms with van der Waals surface area (Å²) in [5.41, 5.74) is 12.9. The van der Waals surface area contributed by atoms with Crippen molar-refractivity contribution in [3.63, 3.8) is 0 Å². The Morgan fingerprint density at radius 2 is 2.00 bits per heavy atom. The van der Waals surface area contributed by atoms with Crippen LogP contribution in [-0.4, -0.2) is 22.6 Å². The second-order valence-corrected chi connectivity index (χ2v) is 6.70. The van der Waals surface area contributed by atoms with Gasteiger partial charge in [-0.15, -0.1) is 0 Å². The largest absolute Gasteiger partial charge is 0.494 e. The standard InChI is InChI=1S/C17H17N5O2S2/c1-2-24-12-6-4-11(5-7-12)19-17(25)22-21-15(23)10-3-8-13-14(9-10)26-16(18)20-13/h3-9H,2H2,1H3,(H2,18,20)(H,21,23)(H2,19,22,25). The van der Waals surface area contributed by atoms with Crippen molar-refractivity contribution in [3.05, 3.63) is 48.0 Å². The van der Waals surface area contributed by atoms with E-state index in [1.54, 1.807) is 18.2 Å². The first kappa shape index (κ1) is 17.9. The van der Waals surface area contributed by atoms with Crippen LogP contribution in [-0.2, 0) is 0 Å². The molecule has 0 aliphatic rings. The van der Waals surface area contributed by atoms with Crippen LogP contribution in [0.25, 0.3) is 10.2 Å². The van der Waals surface area contributed by atoms with E-state index in [2.05, 4.69) is 21.2 Å².